The van der Waals surface area contributed by atoms with Crippen LogP contribution < -0.4 is 0 Å². The smallest absolute Gasteiger partial charge is 0.233 e. The molecule has 1 aromatic carbocycles. The Bertz CT molecular complexity index is 892. The molecule has 140 valence electrons. The molecule has 1 fully saturated rings. The largest absolute Gasteiger partial charge is 0.342 e. The first-order valence-corrected chi connectivity index (χ1v) is 11.0. The van der Waals surface area contributed by atoms with Gasteiger partial charge in [-0.3, -0.25) is 9.36 Å². The standard InChI is InChI=1S/C20H22N4OS2/c1-15-7-5-11-23(13-15)18(25)14-27-20-22-21-19(17-10-6-12-26-17)24(20)16-8-3-2-4-9-16/h2-4,6,8-10,12,15H,5,7,11,13-14H2,1H3. The minimum Gasteiger partial charge on any atom is -0.342 e. The number of nitrogens with zero attached hydrogens (tertiary/aromatic N) is 4. The van der Waals surface area contributed by atoms with Crippen LogP contribution in [0.1, 0.15) is 19.8 Å². The number of thiophene rings is 1. The summed E-state index contributed by atoms with van der Waals surface area (Å²) in [5, 5.41) is 11.6. The molecule has 1 amide bonds. The van der Waals surface area contributed by atoms with Crippen molar-refractivity contribution in [2.45, 2.75) is 24.9 Å². The number of carbonyl (C=O) groups excluding carboxylic acids is 1. The number of carbonyl (C=O) groups is 1. The lowest BCUT2D eigenvalue weighted by Crippen LogP contribution is -2.40. The van der Waals surface area contributed by atoms with Crippen LogP contribution in [0.15, 0.2) is 53.0 Å². The number of aromatic nitrogens is 3. The lowest BCUT2D eigenvalue weighted by atomic mass is 10.0. The van der Waals surface area contributed by atoms with Crippen LogP contribution in [0.4, 0.5) is 0 Å². The average molecular weight is 399 g/mol. The molecular formula is C20H22N4OS2. The Labute approximate surface area is 167 Å². The molecule has 0 radical (unpaired) electrons. The zero-order valence-corrected chi connectivity index (χ0v) is 16.9. The van der Waals surface area contributed by atoms with Crippen LogP contribution >= 0.6 is 23.1 Å². The van der Waals surface area contributed by atoms with Gasteiger partial charge in [0.05, 0.1) is 10.6 Å². The van der Waals surface area contributed by atoms with Gasteiger partial charge in [0, 0.05) is 18.8 Å². The zero-order valence-electron chi connectivity index (χ0n) is 15.2. The van der Waals surface area contributed by atoms with Gasteiger partial charge in [0.1, 0.15) is 0 Å². The lowest BCUT2D eigenvalue weighted by molar-refractivity contribution is -0.130. The van der Waals surface area contributed by atoms with E-state index in [4.69, 9.17) is 0 Å². The van der Waals surface area contributed by atoms with Gasteiger partial charge in [-0.2, -0.15) is 0 Å². The molecule has 0 bridgehead atoms. The number of hydrogen-bond donors (Lipinski definition) is 0. The van der Waals surface area contributed by atoms with Crippen molar-refractivity contribution in [3.63, 3.8) is 0 Å². The van der Waals surface area contributed by atoms with E-state index in [1.807, 2.05) is 57.3 Å². The maximum Gasteiger partial charge on any atom is 0.233 e. The molecule has 1 aliphatic heterocycles. The highest BCUT2D eigenvalue weighted by Crippen LogP contribution is 2.30. The molecule has 1 atom stereocenters. The number of likely N-dealkylation sites (tertiary alicyclic amines) is 1. The quantitative estimate of drug-likeness (QED) is 0.600. The van der Waals surface area contributed by atoms with Gasteiger partial charge in [0.2, 0.25) is 5.91 Å². The van der Waals surface area contributed by atoms with Crippen LogP contribution in [0.2, 0.25) is 0 Å². The van der Waals surface area contributed by atoms with Crippen LogP contribution in [-0.4, -0.2) is 44.4 Å². The molecule has 1 aliphatic rings. The van der Waals surface area contributed by atoms with Gasteiger partial charge in [-0.1, -0.05) is 43.0 Å². The second-order valence-corrected chi connectivity index (χ2v) is 8.72. The van der Waals surface area contributed by atoms with E-state index in [9.17, 15) is 4.79 Å². The van der Waals surface area contributed by atoms with Crippen molar-refractivity contribution in [1.29, 1.82) is 0 Å². The Morgan fingerprint density at radius 3 is 2.81 bits per heavy atom. The summed E-state index contributed by atoms with van der Waals surface area (Å²) in [6.45, 7) is 3.95. The summed E-state index contributed by atoms with van der Waals surface area (Å²) >= 11 is 3.10. The van der Waals surface area contributed by atoms with Crippen molar-refractivity contribution in [3.8, 4) is 16.4 Å². The first-order valence-electron chi connectivity index (χ1n) is 9.17. The van der Waals surface area contributed by atoms with Crippen LogP contribution in [0.5, 0.6) is 0 Å². The summed E-state index contributed by atoms with van der Waals surface area (Å²) in [7, 11) is 0. The highest BCUT2D eigenvalue weighted by Gasteiger charge is 2.23. The van der Waals surface area contributed by atoms with Crippen LogP contribution in [0.25, 0.3) is 16.4 Å². The van der Waals surface area contributed by atoms with E-state index in [1.165, 1.54) is 18.2 Å². The molecule has 1 unspecified atom stereocenters. The summed E-state index contributed by atoms with van der Waals surface area (Å²) in [5.41, 5.74) is 1.01. The van der Waals surface area contributed by atoms with E-state index in [1.54, 1.807) is 11.3 Å². The van der Waals surface area contributed by atoms with Crippen molar-refractivity contribution < 1.29 is 4.79 Å². The SMILES string of the molecule is CC1CCCN(C(=O)CSc2nnc(-c3cccs3)n2-c2ccccc2)C1. The summed E-state index contributed by atoms with van der Waals surface area (Å²) in [6, 6.07) is 14.1. The van der Waals surface area contributed by atoms with Gasteiger partial charge in [0.25, 0.3) is 0 Å². The third-order valence-corrected chi connectivity index (χ3v) is 6.50. The Kier molecular flexibility index (Phi) is 5.59. The van der Waals surface area contributed by atoms with E-state index in [-0.39, 0.29) is 5.91 Å². The first-order chi connectivity index (χ1) is 13.2. The molecular weight excluding hydrogens is 376 g/mol. The third-order valence-electron chi connectivity index (χ3n) is 4.72. The molecule has 3 heterocycles. The van der Waals surface area contributed by atoms with Crippen LogP contribution in [0, 0.1) is 5.92 Å². The molecule has 27 heavy (non-hydrogen) atoms. The fraction of sp³-hybridized carbons (Fsp3) is 0.350. The summed E-state index contributed by atoms with van der Waals surface area (Å²) < 4.78 is 2.04. The minimum atomic E-state index is 0.187. The van der Waals surface area contributed by atoms with Crippen molar-refractivity contribution in [2.24, 2.45) is 5.92 Å². The summed E-state index contributed by atoms with van der Waals surface area (Å²) in [6.07, 6.45) is 2.31. The van der Waals surface area contributed by atoms with E-state index >= 15 is 0 Å². The monoisotopic (exact) mass is 398 g/mol. The van der Waals surface area contributed by atoms with Gasteiger partial charge in [-0.25, -0.2) is 0 Å². The molecule has 0 aliphatic carbocycles. The third kappa shape index (κ3) is 4.09. The predicted molar refractivity (Wildman–Crippen MR) is 110 cm³/mol. The van der Waals surface area contributed by atoms with Crippen molar-refractivity contribution in [2.75, 3.05) is 18.8 Å². The summed E-state index contributed by atoms with van der Waals surface area (Å²) in [4.78, 5) is 15.7. The number of piperidine rings is 1. The van der Waals surface area contributed by atoms with E-state index in [0.29, 0.717) is 11.7 Å². The van der Waals surface area contributed by atoms with Gasteiger partial charge in [-0.15, -0.1) is 21.5 Å². The van der Waals surface area contributed by atoms with E-state index < -0.39 is 0 Å². The maximum absolute atomic E-state index is 12.6. The van der Waals surface area contributed by atoms with E-state index in [0.717, 1.165) is 41.1 Å². The summed E-state index contributed by atoms with van der Waals surface area (Å²) in [5.74, 6) is 1.98. The van der Waals surface area contributed by atoms with Crippen molar-refractivity contribution in [1.82, 2.24) is 19.7 Å². The number of hydrogen-bond acceptors (Lipinski definition) is 5. The highest BCUT2D eigenvalue weighted by molar-refractivity contribution is 7.99. The van der Waals surface area contributed by atoms with E-state index in [2.05, 4.69) is 17.1 Å². The minimum absolute atomic E-state index is 0.187. The fourth-order valence-electron chi connectivity index (χ4n) is 3.37. The zero-order chi connectivity index (χ0) is 18.6. The molecule has 2 aromatic heterocycles. The van der Waals surface area contributed by atoms with Gasteiger partial charge < -0.3 is 4.90 Å². The van der Waals surface area contributed by atoms with Gasteiger partial charge in [0.15, 0.2) is 11.0 Å². The number of rotatable bonds is 5. The molecule has 5 nitrogen and oxygen atoms in total. The maximum atomic E-state index is 12.6. The first kappa shape index (κ1) is 18.3. The molecule has 1 saturated heterocycles. The topological polar surface area (TPSA) is 51.0 Å². The highest BCUT2D eigenvalue weighted by atomic mass is 32.2. The number of benzene rings is 1. The Morgan fingerprint density at radius 1 is 1.22 bits per heavy atom. The van der Waals surface area contributed by atoms with Crippen LogP contribution in [0.3, 0.4) is 0 Å². The number of amides is 1. The number of thioether (sulfide) groups is 1. The Hall–Kier alpha value is -2.12. The fourth-order valence-corrected chi connectivity index (χ4v) is 4.93. The molecule has 7 heteroatoms. The average Bonchev–Trinajstić information content (AvgIpc) is 3.36. The second kappa shape index (κ2) is 8.27. The molecule has 3 aromatic rings. The predicted octanol–water partition coefficient (Wildman–Crippen LogP) is 4.35. The van der Waals surface area contributed by atoms with Crippen molar-refractivity contribution >= 4 is 29.0 Å². The normalized spacial score (nSPS) is 17.2. The Balaban J connectivity index is 1.57. The molecule has 0 spiro atoms. The number of para-hydroxylation sites is 1. The molecule has 4 rings (SSSR count). The van der Waals surface area contributed by atoms with Gasteiger partial charge in [-0.05, 0) is 42.3 Å². The van der Waals surface area contributed by atoms with Crippen LogP contribution in [-0.2, 0) is 4.79 Å². The molecule has 0 saturated carbocycles. The van der Waals surface area contributed by atoms with Crippen molar-refractivity contribution in [3.05, 3.63) is 47.8 Å². The molecule has 0 N–H and O–H groups in total. The van der Waals surface area contributed by atoms with Gasteiger partial charge >= 0.3 is 0 Å². The lowest BCUT2D eigenvalue weighted by Gasteiger charge is -2.30. The Morgan fingerprint density at radius 2 is 2.07 bits per heavy atom. The second-order valence-electron chi connectivity index (χ2n) is 6.83.